The molecule has 0 spiro atoms. The Morgan fingerprint density at radius 1 is 1.12 bits per heavy atom. The summed E-state index contributed by atoms with van der Waals surface area (Å²) >= 11 is 0. The second-order valence-corrected chi connectivity index (χ2v) is 6.34. The molecule has 2 saturated heterocycles. The Hall–Kier alpha value is -2.83. The number of hydrogen-bond acceptors (Lipinski definition) is 5. The van der Waals surface area contributed by atoms with Gasteiger partial charge in [0, 0.05) is 25.2 Å². The van der Waals surface area contributed by atoms with Gasteiger partial charge in [0.2, 0.25) is 5.76 Å². The third-order valence-corrected chi connectivity index (χ3v) is 4.85. The van der Waals surface area contributed by atoms with Crippen molar-refractivity contribution in [2.45, 2.75) is 25.0 Å². The number of piperidine rings is 1. The molecule has 7 nitrogen and oxygen atoms in total. The van der Waals surface area contributed by atoms with E-state index in [1.54, 1.807) is 15.9 Å². The summed E-state index contributed by atoms with van der Waals surface area (Å²) in [6, 6.07) is 11.4. The van der Waals surface area contributed by atoms with Gasteiger partial charge in [-0.3, -0.25) is 4.79 Å². The number of cyclic esters (lactones) is 1. The van der Waals surface area contributed by atoms with Gasteiger partial charge in [-0.05, 0) is 18.4 Å². The molecule has 2 fully saturated rings. The van der Waals surface area contributed by atoms with Crippen molar-refractivity contribution in [3.8, 4) is 0 Å². The van der Waals surface area contributed by atoms with Gasteiger partial charge < -0.3 is 19.1 Å². The third kappa shape index (κ3) is 3.09. The van der Waals surface area contributed by atoms with E-state index in [1.165, 1.54) is 6.20 Å². The minimum atomic E-state index is -0.270. The van der Waals surface area contributed by atoms with E-state index in [-0.39, 0.29) is 29.9 Å². The zero-order valence-corrected chi connectivity index (χ0v) is 13.7. The fourth-order valence-corrected chi connectivity index (χ4v) is 3.48. The molecule has 130 valence electrons. The normalized spacial score (nSPS) is 21.4. The van der Waals surface area contributed by atoms with Crippen molar-refractivity contribution in [1.82, 2.24) is 15.0 Å². The SMILES string of the molecule is O=C(c1ccno1)N1CCC(N2CC(c3ccccc3)OC2=O)CC1. The molecule has 2 amide bonds. The van der Waals surface area contributed by atoms with Gasteiger partial charge in [0.25, 0.3) is 5.91 Å². The Morgan fingerprint density at radius 2 is 1.88 bits per heavy atom. The second-order valence-electron chi connectivity index (χ2n) is 6.34. The van der Waals surface area contributed by atoms with E-state index in [1.807, 2.05) is 30.3 Å². The van der Waals surface area contributed by atoms with Crippen LogP contribution in [0.3, 0.4) is 0 Å². The number of aromatic nitrogens is 1. The van der Waals surface area contributed by atoms with Crippen molar-refractivity contribution in [1.29, 1.82) is 0 Å². The quantitative estimate of drug-likeness (QED) is 0.857. The Labute approximate surface area is 145 Å². The standard InChI is InChI=1S/C18H19N3O4/c22-17(15-6-9-19-25-15)20-10-7-14(8-11-20)21-12-16(24-18(21)23)13-4-2-1-3-5-13/h1-6,9,14,16H,7-8,10-12H2. The number of nitrogens with zero attached hydrogens (tertiary/aromatic N) is 3. The van der Waals surface area contributed by atoms with Crippen LogP contribution in [0.2, 0.25) is 0 Å². The molecule has 1 unspecified atom stereocenters. The summed E-state index contributed by atoms with van der Waals surface area (Å²) in [7, 11) is 0. The zero-order valence-electron chi connectivity index (χ0n) is 13.7. The average molecular weight is 341 g/mol. The summed E-state index contributed by atoms with van der Waals surface area (Å²) in [5.74, 6) is 0.102. The molecule has 0 saturated carbocycles. The maximum atomic E-state index is 12.3. The van der Waals surface area contributed by atoms with Crippen LogP contribution < -0.4 is 0 Å². The fraction of sp³-hybridized carbons (Fsp3) is 0.389. The molecule has 2 aliphatic heterocycles. The van der Waals surface area contributed by atoms with Crippen LogP contribution in [0.4, 0.5) is 4.79 Å². The van der Waals surface area contributed by atoms with Gasteiger partial charge >= 0.3 is 6.09 Å². The van der Waals surface area contributed by atoms with Crippen molar-refractivity contribution in [3.63, 3.8) is 0 Å². The number of likely N-dealkylation sites (tertiary alicyclic amines) is 1. The highest BCUT2D eigenvalue weighted by atomic mass is 16.6. The largest absolute Gasteiger partial charge is 0.439 e. The molecule has 0 aliphatic carbocycles. The summed E-state index contributed by atoms with van der Waals surface area (Å²) < 4.78 is 10.5. The first-order valence-electron chi connectivity index (χ1n) is 8.44. The lowest BCUT2D eigenvalue weighted by Gasteiger charge is -2.35. The van der Waals surface area contributed by atoms with Gasteiger partial charge in [-0.1, -0.05) is 35.5 Å². The van der Waals surface area contributed by atoms with E-state index in [0.29, 0.717) is 19.6 Å². The molecule has 0 N–H and O–H groups in total. The van der Waals surface area contributed by atoms with E-state index in [0.717, 1.165) is 18.4 Å². The molecule has 7 heteroatoms. The first-order valence-corrected chi connectivity index (χ1v) is 8.44. The summed E-state index contributed by atoms with van der Waals surface area (Å²) in [6.45, 7) is 1.73. The van der Waals surface area contributed by atoms with Gasteiger partial charge in [0.05, 0.1) is 12.7 Å². The topological polar surface area (TPSA) is 75.9 Å². The van der Waals surface area contributed by atoms with E-state index < -0.39 is 0 Å². The lowest BCUT2D eigenvalue weighted by Crippen LogP contribution is -2.47. The van der Waals surface area contributed by atoms with E-state index >= 15 is 0 Å². The number of benzene rings is 1. The monoisotopic (exact) mass is 341 g/mol. The summed E-state index contributed by atoms with van der Waals surface area (Å²) in [5, 5.41) is 3.57. The Kier molecular flexibility index (Phi) is 4.13. The van der Waals surface area contributed by atoms with E-state index in [9.17, 15) is 9.59 Å². The van der Waals surface area contributed by atoms with Crippen LogP contribution in [0.5, 0.6) is 0 Å². The van der Waals surface area contributed by atoms with Crippen molar-refractivity contribution in [3.05, 3.63) is 53.9 Å². The minimum Gasteiger partial charge on any atom is -0.439 e. The third-order valence-electron chi connectivity index (χ3n) is 4.85. The second kappa shape index (κ2) is 6.58. The maximum absolute atomic E-state index is 12.3. The van der Waals surface area contributed by atoms with Crippen LogP contribution >= 0.6 is 0 Å². The Morgan fingerprint density at radius 3 is 2.56 bits per heavy atom. The van der Waals surface area contributed by atoms with Gasteiger partial charge in [-0.2, -0.15) is 0 Å². The molecule has 1 atom stereocenters. The summed E-state index contributed by atoms with van der Waals surface area (Å²) in [6.07, 6.45) is 2.44. The molecule has 4 rings (SSSR count). The van der Waals surface area contributed by atoms with Crippen LogP contribution in [0.25, 0.3) is 0 Å². The summed E-state index contributed by atoms with van der Waals surface area (Å²) in [4.78, 5) is 28.1. The minimum absolute atomic E-state index is 0.0972. The van der Waals surface area contributed by atoms with Gasteiger partial charge in [0.1, 0.15) is 6.10 Å². The van der Waals surface area contributed by atoms with Crippen molar-refractivity contribution in [2.75, 3.05) is 19.6 Å². The molecular weight excluding hydrogens is 322 g/mol. The number of carbonyl (C=O) groups is 2. The molecule has 0 radical (unpaired) electrons. The Balaban J connectivity index is 1.36. The van der Waals surface area contributed by atoms with E-state index in [4.69, 9.17) is 9.26 Å². The molecule has 2 aromatic rings. The van der Waals surface area contributed by atoms with Crippen LogP contribution in [0.1, 0.15) is 35.1 Å². The number of carbonyl (C=O) groups excluding carboxylic acids is 2. The highest BCUT2D eigenvalue weighted by molar-refractivity contribution is 5.91. The summed E-state index contributed by atoms with van der Waals surface area (Å²) in [5.41, 5.74) is 1.01. The van der Waals surface area contributed by atoms with Crippen LogP contribution in [0, 0.1) is 0 Å². The lowest BCUT2D eigenvalue weighted by atomic mass is 10.0. The highest BCUT2D eigenvalue weighted by Crippen LogP contribution is 2.30. The predicted molar refractivity (Wildman–Crippen MR) is 87.8 cm³/mol. The van der Waals surface area contributed by atoms with Crippen molar-refractivity contribution < 1.29 is 18.8 Å². The molecule has 3 heterocycles. The van der Waals surface area contributed by atoms with Crippen LogP contribution in [-0.4, -0.2) is 52.6 Å². The first kappa shape index (κ1) is 15.7. The van der Waals surface area contributed by atoms with Gasteiger partial charge in [0.15, 0.2) is 0 Å². The smallest absolute Gasteiger partial charge is 0.410 e. The molecule has 25 heavy (non-hydrogen) atoms. The predicted octanol–water partition coefficient (Wildman–Crippen LogP) is 2.47. The molecule has 0 bridgehead atoms. The average Bonchev–Trinajstić information content (AvgIpc) is 3.32. The number of hydrogen-bond donors (Lipinski definition) is 0. The molecule has 1 aromatic carbocycles. The molecule has 1 aromatic heterocycles. The van der Waals surface area contributed by atoms with Gasteiger partial charge in [-0.25, -0.2) is 4.79 Å². The Bertz CT molecular complexity index is 739. The molecule has 2 aliphatic rings. The number of ether oxygens (including phenoxy) is 1. The van der Waals surface area contributed by atoms with Crippen LogP contribution in [-0.2, 0) is 4.74 Å². The maximum Gasteiger partial charge on any atom is 0.410 e. The van der Waals surface area contributed by atoms with Crippen molar-refractivity contribution >= 4 is 12.0 Å². The lowest BCUT2D eigenvalue weighted by molar-refractivity contribution is 0.0618. The van der Waals surface area contributed by atoms with Crippen LogP contribution in [0.15, 0.2) is 47.1 Å². The number of rotatable bonds is 3. The number of amides is 2. The van der Waals surface area contributed by atoms with Crippen molar-refractivity contribution in [2.24, 2.45) is 0 Å². The first-order chi connectivity index (χ1) is 12.2. The van der Waals surface area contributed by atoms with Gasteiger partial charge in [-0.15, -0.1) is 0 Å². The van der Waals surface area contributed by atoms with E-state index in [2.05, 4.69) is 5.16 Å². The highest BCUT2D eigenvalue weighted by Gasteiger charge is 2.38. The zero-order chi connectivity index (χ0) is 17.2. The fourth-order valence-electron chi connectivity index (χ4n) is 3.48. The molecular formula is C18H19N3O4.